The van der Waals surface area contributed by atoms with Crippen LogP contribution >= 0.6 is 0 Å². The van der Waals surface area contributed by atoms with Gasteiger partial charge in [0.25, 0.3) is 5.91 Å². The molecule has 6 nitrogen and oxygen atoms in total. The Morgan fingerprint density at radius 3 is 2.94 bits per heavy atom. The van der Waals surface area contributed by atoms with E-state index in [0.717, 1.165) is 5.56 Å². The van der Waals surface area contributed by atoms with E-state index in [9.17, 15) is 9.90 Å². The highest BCUT2D eigenvalue weighted by Gasteiger charge is 2.11. The van der Waals surface area contributed by atoms with Gasteiger partial charge in [-0.15, -0.1) is 10.2 Å². The SMILES string of the molecule is Cc1ccc(O)c(C(=O)NCc2nncn2C)c1. The van der Waals surface area contributed by atoms with Gasteiger partial charge >= 0.3 is 0 Å². The van der Waals surface area contributed by atoms with E-state index in [2.05, 4.69) is 15.5 Å². The van der Waals surface area contributed by atoms with E-state index in [1.54, 1.807) is 30.1 Å². The van der Waals surface area contributed by atoms with Gasteiger partial charge in [-0.05, 0) is 19.1 Å². The molecule has 0 bridgehead atoms. The third-order valence-corrected chi connectivity index (χ3v) is 2.61. The molecule has 0 fully saturated rings. The molecule has 0 atom stereocenters. The molecule has 0 radical (unpaired) electrons. The molecular formula is C12H14N4O2. The molecule has 0 aliphatic rings. The highest BCUT2D eigenvalue weighted by molar-refractivity contribution is 5.96. The Balaban J connectivity index is 2.08. The summed E-state index contributed by atoms with van der Waals surface area (Å²) in [7, 11) is 1.80. The predicted octanol–water partition coefficient (Wildman–Crippen LogP) is 0.759. The van der Waals surface area contributed by atoms with E-state index in [0.29, 0.717) is 5.82 Å². The van der Waals surface area contributed by atoms with E-state index >= 15 is 0 Å². The molecule has 0 aliphatic carbocycles. The van der Waals surface area contributed by atoms with Gasteiger partial charge in [0, 0.05) is 7.05 Å². The van der Waals surface area contributed by atoms with Gasteiger partial charge in [-0.3, -0.25) is 4.79 Å². The van der Waals surface area contributed by atoms with Crippen molar-refractivity contribution in [1.82, 2.24) is 20.1 Å². The first kappa shape index (κ1) is 12.1. The summed E-state index contributed by atoms with van der Waals surface area (Å²) in [5.74, 6) is 0.283. The van der Waals surface area contributed by atoms with Crippen LogP contribution in [0.2, 0.25) is 0 Å². The highest BCUT2D eigenvalue weighted by Crippen LogP contribution is 2.17. The number of rotatable bonds is 3. The van der Waals surface area contributed by atoms with Crippen LogP contribution in [0.5, 0.6) is 5.75 Å². The zero-order chi connectivity index (χ0) is 13.1. The lowest BCUT2D eigenvalue weighted by molar-refractivity contribution is 0.0947. The molecule has 2 rings (SSSR count). The summed E-state index contributed by atoms with van der Waals surface area (Å²) in [4.78, 5) is 11.9. The molecule has 1 amide bonds. The van der Waals surface area contributed by atoms with E-state index in [4.69, 9.17) is 0 Å². The van der Waals surface area contributed by atoms with Crippen molar-refractivity contribution in [3.8, 4) is 5.75 Å². The Morgan fingerprint density at radius 1 is 1.50 bits per heavy atom. The number of aryl methyl sites for hydroxylation is 2. The lowest BCUT2D eigenvalue weighted by Gasteiger charge is -2.07. The number of nitrogens with one attached hydrogen (secondary N) is 1. The van der Waals surface area contributed by atoms with Crippen molar-refractivity contribution in [3.05, 3.63) is 41.5 Å². The largest absolute Gasteiger partial charge is 0.507 e. The van der Waals surface area contributed by atoms with Gasteiger partial charge in [-0.2, -0.15) is 0 Å². The molecule has 2 N–H and O–H groups in total. The van der Waals surface area contributed by atoms with Crippen LogP contribution in [0, 0.1) is 6.92 Å². The fourth-order valence-corrected chi connectivity index (χ4v) is 1.55. The molecule has 2 aromatic rings. The number of carbonyl (C=O) groups is 1. The number of aromatic hydroxyl groups is 1. The molecule has 6 heteroatoms. The standard InChI is InChI=1S/C12H14N4O2/c1-8-3-4-10(17)9(5-8)12(18)13-6-11-15-14-7-16(11)2/h3-5,7,17H,6H2,1-2H3,(H,13,18). The van der Waals surface area contributed by atoms with Crippen molar-refractivity contribution >= 4 is 5.91 Å². The Labute approximate surface area is 104 Å². The monoisotopic (exact) mass is 246 g/mol. The minimum atomic E-state index is -0.334. The van der Waals surface area contributed by atoms with E-state index in [1.807, 2.05) is 6.92 Å². The first-order valence-corrected chi connectivity index (χ1v) is 5.48. The van der Waals surface area contributed by atoms with Gasteiger partial charge < -0.3 is 15.0 Å². The molecule has 0 aliphatic heterocycles. The molecule has 18 heavy (non-hydrogen) atoms. The molecule has 1 aromatic heterocycles. The fourth-order valence-electron chi connectivity index (χ4n) is 1.55. The summed E-state index contributed by atoms with van der Waals surface area (Å²) in [5.41, 5.74) is 1.17. The first-order chi connectivity index (χ1) is 8.58. The van der Waals surface area contributed by atoms with Crippen LogP contribution in [0.25, 0.3) is 0 Å². The molecule has 0 unspecified atom stereocenters. The van der Waals surface area contributed by atoms with Crippen LogP contribution in [0.4, 0.5) is 0 Å². The number of hydrogen-bond acceptors (Lipinski definition) is 4. The molecule has 0 saturated carbocycles. The molecule has 1 aromatic carbocycles. The second-order valence-corrected chi connectivity index (χ2v) is 4.06. The minimum absolute atomic E-state index is 0.0314. The second kappa shape index (κ2) is 4.87. The average Bonchev–Trinajstić information content (AvgIpc) is 2.75. The fraction of sp³-hybridized carbons (Fsp3) is 0.250. The van der Waals surface area contributed by atoms with Gasteiger partial charge in [0.05, 0.1) is 12.1 Å². The summed E-state index contributed by atoms with van der Waals surface area (Å²) in [6.45, 7) is 2.13. The first-order valence-electron chi connectivity index (χ1n) is 5.48. The van der Waals surface area contributed by atoms with Crippen molar-refractivity contribution in [2.75, 3.05) is 0 Å². The highest BCUT2D eigenvalue weighted by atomic mass is 16.3. The van der Waals surface area contributed by atoms with Gasteiger partial charge in [0.2, 0.25) is 0 Å². The molecular weight excluding hydrogens is 232 g/mol. The summed E-state index contributed by atoms with van der Waals surface area (Å²) < 4.78 is 1.72. The number of phenols is 1. The number of aromatic nitrogens is 3. The molecule has 1 heterocycles. The summed E-state index contributed by atoms with van der Waals surface area (Å²) >= 11 is 0. The van der Waals surface area contributed by atoms with Crippen LogP contribution < -0.4 is 5.32 Å². The second-order valence-electron chi connectivity index (χ2n) is 4.06. The van der Waals surface area contributed by atoms with E-state index < -0.39 is 0 Å². The average molecular weight is 246 g/mol. The number of carbonyl (C=O) groups excluding carboxylic acids is 1. The zero-order valence-corrected chi connectivity index (χ0v) is 10.2. The Bertz CT molecular complexity index is 577. The summed E-state index contributed by atoms with van der Waals surface area (Å²) in [6.07, 6.45) is 1.56. The maximum absolute atomic E-state index is 11.9. The van der Waals surface area contributed by atoms with Crippen LogP contribution in [0.15, 0.2) is 24.5 Å². The number of phenolic OH excluding ortho intramolecular Hbond substituents is 1. The summed E-state index contributed by atoms with van der Waals surface area (Å²) in [5, 5.41) is 19.9. The maximum atomic E-state index is 11.9. The van der Waals surface area contributed by atoms with Crippen LogP contribution in [-0.2, 0) is 13.6 Å². The lowest BCUT2D eigenvalue weighted by Crippen LogP contribution is -2.24. The third-order valence-electron chi connectivity index (χ3n) is 2.61. The smallest absolute Gasteiger partial charge is 0.255 e. The molecule has 0 spiro atoms. The van der Waals surface area contributed by atoms with E-state index in [-0.39, 0.29) is 23.8 Å². The van der Waals surface area contributed by atoms with Crippen LogP contribution in [0.1, 0.15) is 21.7 Å². The lowest BCUT2D eigenvalue weighted by atomic mass is 10.1. The van der Waals surface area contributed by atoms with Gasteiger partial charge in [-0.1, -0.05) is 11.6 Å². The number of amides is 1. The topological polar surface area (TPSA) is 80.0 Å². The quantitative estimate of drug-likeness (QED) is 0.837. The van der Waals surface area contributed by atoms with Gasteiger partial charge in [0.15, 0.2) is 5.82 Å². The van der Waals surface area contributed by atoms with Crippen molar-refractivity contribution in [2.45, 2.75) is 13.5 Å². The maximum Gasteiger partial charge on any atom is 0.255 e. The van der Waals surface area contributed by atoms with Gasteiger partial charge in [0.1, 0.15) is 12.1 Å². The normalized spacial score (nSPS) is 10.3. The van der Waals surface area contributed by atoms with Crippen LogP contribution in [-0.4, -0.2) is 25.8 Å². The Morgan fingerprint density at radius 2 is 2.28 bits per heavy atom. The number of nitrogens with zero attached hydrogens (tertiary/aromatic N) is 3. The molecule has 94 valence electrons. The van der Waals surface area contributed by atoms with E-state index in [1.165, 1.54) is 6.07 Å². The zero-order valence-electron chi connectivity index (χ0n) is 10.2. The number of benzene rings is 1. The Kier molecular flexibility index (Phi) is 3.27. The van der Waals surface area contributed by atoms with Crippen LogP contribution in [0.3, 0.4) is 0 Å². The summed E-state index contributed by atoms with van der Waals surface area (Å²) in [6, 6.07) is 4.89. The van der Waals surface area contributed by atoms with Gasteiger partial charge in [-0.25, -0.2) is 0 Å². The van der Waals surface area contributed by atoms with Crippen molar-refractivity contribution in [3.63, 3.8) is 0 Å². The third kappa shape index (κ3) is 2.48. The minimum Gasteiger partial charge on any atom is -0.507 e. The predicted molar refractivity (Wildman–Crippen MR) is 65.0 cm³/mol. The Hall–Kier alpha value is -2.37. The molecule has 0 saturated heterocycles. The number of hydrogen-bond donors (Lipinski definition) is 2. The van der Waals surface area contributed by atoms with Crippen molar-refractivity contribution in [2.24, 2.45) is 7.05 Å². The van der Waals surface area contributed by atoms with Crippen molar-refractivity contribution < 1.29 is 9.90 Å². The van der Waals surface area contributed by atoms with Crippen molar-refractivity contribution in [1.29, 1.82) is 0 Å².